The lowest BCUT2D eigenvalue weighted by molar-refractivity contribution is -0.120. The molecule has 25 heavy (non-hydrogen) atoms. The van der Waals surface area contributed by atoms with E-state index in [0.29, 0.717) is 22.5 Å². The number of carbonyl (C=O) groups is 3. The molecule has 126 valence electrons. The van der Waals surface area contributed by atoms with Gasteiger partial charge < -0.3 is 10.2 Å². The zero-order valence-electron chi connectivity index (χ0n) is 13.9. The van der Waals surface area contributed by atoms with E-state index < -0.39 is 5.91 Å². The highest BCUT2D eigenvalue weighted by atomic mass is 16.2. The van der Waals surface area contributed by atoms with Crippen LogP contribution in [-0.2, 0) is 9.59 Å². The van der Waals surface area contributed by atoms with Crippen LogP contribution in [0.3, 0.4) is 0 Å². The first-order chi connectivity index (χ1) is 11.9. The number of benzene rings is 2. The fourth-order valence-corrected chi connectivity index (χ4v) is 2.30. The molecule has 0 atom stereocenters. The third kappa shape index (κ3) is 4.52. The van der Waals surface area contributed by atoms with Gasteiger partial charge in [0, 0.05) is 18.2 Å². The van der Waals surface area contributed by atoms with Crippen molar-refractivity contribution in [2.45, 2.75) is 13.8 Å². The molecule has 2 aromatic rings. The smallest absolute Gasteiger partial charge is 0.244 e. The number of hydrogen-bond acceptors (Lipinski definition) is 4. The van der Waals surface area contributed by atoms with Gasteiger partial charge in [0.25, 0.3) is 0 Å². The Bertz CT molecular complexity index is 851. The quantitative estimate of drug-likeness (QED) is 0.851. The van der Waals surface area contributed by atoms with E-state index in [1.807, 2.05) is 6.07 Å². The molecular formula is C19H17N3O3. The third-order valence-corrected chi connectivity index (χ3v) is 3.57. The number of nitriles is 1. The minimum absolute atomic E-state index is 0.0614. The Morgan fingerprint density at radius 3 is 2.24 bits per heavy atom. The Labute approximate surface area is 145 Å². The van der Waals surface area contributed by atoms with Gasteiger partial charge in [0.2, 0.25) is 11.8 Å². The fraction of sp³-hybridized carbons (Fsp3) is 0.158. The largest absolute Gasteiger partial charge is 0.325 e. The van der Waals surface area contributed by atoms with E-state index in [4.69, 9.17) is 0 Å². The molecule has 6 heteroatoms. The highest BCUT2D eigenvalue weighted by Gasteiger charge is 2.18. The van der Waals surface area contributed by atoms with E-state index in [2.05, 4.69) is 5.32 Å². The monoisotopic (exact) mass is 335 g/mol. The average Bonchev–Trinajstić information content (AvgIpc) is 2.60. The number of hydrogen-bond donors (Lipinski definition) is 1. The SMILES string of the molecule is CC(=O)c1ccc(NC(=O)CN(C(C)=O)c2ccccc2C#N)cc1. The van der Waals surface area contributed by atoms with Crippen LogP contribution in [0.25, 0.3) is 0 Å². The average molecular weight is 335 g/mol. The number of rotatable bonds is 5. The molecule has 1 N–H and O–H groups in total. The van der Waals surface area contributed by atoms with E-state index in [9.17, 15) is 19.6 Å². The second kappa shape index (κ2) is 7.88. The van der Waals surface area contributed by atoms with Crippen LogP contribution in [0.4, 0.5) is 11.4 Å². The summed E-state index contributed by atoms with van der Waals surface area (Å²) in [4.78, 5) is 36.7. The van der Waals surface area contributed by atoms with Gasteiger partial charge in [-0.05, 0) is 43.3 Å². The second-order valence-electron chi connectivity index (χ2n) is 5.42. The zero-order valence-corrected chi connectivity index (χ0v) is 13.9. The van der Waals surface area contributed by atoms with Gasteiger partial charge in [-0.15, -0.1) is 0 Å². The van der Waals surface area contributed by atoms with Gasteiger partial charge in [0.1, 0.15) is 12.6 Å². The third-order valence-electron chi connectivity index (χ3n) is 3.57. The van der Waals surface area contributed by atoms with Crippen molar-refractivity contribution < 1.29 is 14.4 Å². The van der Waals surface area contributed by atoms with Gasteiger partial charge in [-0.1, -0.05) is 12.1 Å². The topological polar surface area (TPSA) is 90.3 Å². The minimum atomic E-state index is -0.404. The molecule has 0 aliphatic carbocycles. The molecule has 0 aromatic heterocycles. The van der Waals surface area contributed by atoms with Crippen molar-refractivity contribution >= 4 is 29.0 Å². The number of carbonyl (C=O) groups excluding carboxylic acids is 3. The molecule has 2 rings (SSSR count). The number of amides is 2. The summed E-state index contributed by atoms with van der Waals surface area (Å²) >= 11 is 0. The van der Waals surface area contributed by atoms with Crippen molar-refractivity contribution in [3.8, 4) is 6.07 Å². The van der Waals surface area contributed by atoms with Gasteiger partial charge >= 0.3 is 0 Å². The second-order valence-corrected chi connectivity index (χ2v) is 5.42. The molecule has 0 saturated heterocycles. The molecule has 2 amide bonds. The molecule has 6 nitrogen and oxygen atoms in total. The molecule has 0 heterocycles. The summed E-state index contributed by atoms with van der Waals surface area (Å²) in [7, 11) is 0. The molecule has 0 aliphatic rings. The van der Waals surface area contributed by atoms with Crippen LogP contribution < -0.4 is 10.2 Å². The standard InChI is InChI=1S/C19H17N3O3/c1-13(23)15-7-9-17(10-8-15)21-19(25)12-22(14(2)24)18-6-4-3-5-16(18)11-20/h3-10H,12H2,1-2H3,(H,21,25). The maximum Gasteiger partial charge on any atom is 0.244 e. The van der Waals surface area contributed by atoms with Crippen molar-refractivity contribution in [2.75, 3.05) is 16.8 Å². The van der Waals surface area contributed by atoms with Gasteiger partial charge in [-0.2, -0.15) is 5.26 Å². The summed E-state index contributed by atoms with van der Waals surface area (Å²) in [5.41, 5.74) is 1.77. The summed E-state index contributed by atoms with van der Waals surface area (Å²) in [5, 5.41) is 11.8. The predicted molar refractivity (Wildman–Crippen MR) is 94.3 cm³/mol. The van der Waals surface area contributed by atoms with Gasteiger partial charge in [0.15, 0.2) is 5.78 Å². The predicted octanol–water partition coefficient (Wildman–Crippen LogP) is 2.75. The number of anilines is 2. The molecule has 0 fully saturated rings. The van der Waals surface area contributed by atoms with Crippen LogP contribution >= 0.6 is 0 Å². The Balaban J connectivity index is 2.14. The molecule has 2 aromatic carbocycles. The Morgan fingerprint density at radius 1 is 1.04 bits per heavy atom. The van der Waals surface area contributed by atoms with Crippen LogP contribution in [0, 0.1) is 11.3 Å². The molecule has 0 spiro atoms. The number of Topliss-reactive ketones (excluding diaryl/α,β-unsaturated/α-hetero) is 1. The van der Waals surface area contributed by atoms with Crippen LogP contribution in [0.1, 0.15) is 29.8 Å². The lowest BCUT2D eigenvalue weighted by Gasteiger charge is -2.21. The number of nitrogens with zero attached hydrogens (tertiary/aromatic N) is 2. The van der Waals surface area contributed by atoms with Gasteiger partial charge in [-0.3, -0.25) is 14.4 Å². The maximum absolute atomic E-state index is 12.3. The summed E-state index contributed by atoms with van der Waals surface area (Å²) in [6.07, 6.45) is 0. The molecular weight excluding hydrogens is 318 g/mol. The van der Waals surface area contributed by atoms with Crippen molar-refractivity contribution in [2.24, 2.45) is 0 Å². The van der Waals surface area contributed by atoms with E-state index >= 15 is 0 Å². The Kier molecular flexibility index (Phi) is 5.64. The highest BCUT2D eigenvalue weighted by molar-refractivity contribution is 6.02. The molecule has 0 bridgehead atoms. The lowest BCUT2D eigenvalue weighted by atomic mass is 10.1. The van der Waals surface area contributed by atoms with Crippen molar-refractivity contribution in [1.29, 1.82) is 5.26 Å². The summed E-state index contributed by atoms with van der Waals surface area (Å²) in [6, 6.07) is 15.1. The number of nitrogens with one attached hydrogen (secondary N) is 1. The van der Waals surface area contributed by atoms with Crippen LogP contribution in [-0.4, -0.2) is 24.1 Å². The summed E-state index contributed by atoms with van der Waals surface area (Å²) < 4.78 is 0. The first kappa shape index (κ1) is 17.9. The summed E-state index contributed by atoms with van der Waals surface area (Å²) in [6.45, 7) is 2.58. The molecule has 0 radical (unpaired) electrons. The molecule has 0 saturated carbocycles. The summed E-state index contributed by atoms with van der Waals surface area (Å²) in [5.74, 6) is -0.808. The lowest BCUT2D eigenvalue weighted by Crippen LogP contribution is -2.37. The number of para-hydroxylation sites is 1. The molecule has 0 unspecified atom stereocenters. The van der Waals surface area contributed by atoms with Crippen molar-refractivity contribution in [3.63, 3.8) is 0 Å². The first-order valence-corrected chi connectivity index (χ1v) is 7.60. The first-order valence-electron chi connectivity index (χ1n) is 7.60. The normalized spacial score (nSPS) is 9.80. The van der Waals surface area contributed by atoms with Crippen LogP contribution in [0.15, 0.2) is 48.5 Å². The number of ketones is 1. The maximum atomic E-state index is 12.3. The Hall–Kier alpha value is -3.46. The molecule has 0 aliphatic heterocycles. The highest BCUT2D eigenvalue weighted by Crippen LogP contribution is 2.20. The van der Waals surface area contributed by atoms with Crippen LogP contribution in [0.2, 0.25) is 0 Å². The van der Waals surface area contributed by atoms with Gasteiger partial charge in [-0.25, -0.2) is 0 Å². The van der Waals surface area contributed by atoms with Crippen molar-refractivity contribution in [1.82, 2.24) is 0 Å². The van der Waals surface area contributed by atoms with Gasteiger partial charge in [0.05, 0.1) is 11.3 Å². The van der Waals surface area contributed by atoms with E-state index in [1.165, 1.54) is 18.7 Å². The minimum Gasteiger partial charge on any atom is -0.325 e. The van der Waals surface area contributed by atoms with E-state index in [1.54, 1.807) is 48.5 Å². The Morgan fingerprint density at radius 2 is 1.68 bits per heavy atom. The van der Waals surface area contributed by atoms with Crippen LogP contribution in [0.5, 0.6) is 0 Å². The zero-order chi connectivity index (χ0) is 18.4. The van der Waals surface area contributed by atoms with E-state index in [0.717, 1.165) is 0 Å². The van der Waals surface area contributed by atoms with E-state index in [-0.39, 0.29) is 18.2 Å². The fourth-order valence-electron chi connectivity index (χ4n) is 2.30. The van der Waals surface area contributed by atoms with Crippen molar-refractivity contribution in [3.05, 3.63) is 59.7 Å².